The first-order valence-electron chi connectivity index (χ1n) is 8.61. The molecule has 2 atom stereocenters. The Morgan fingerprint density at radius 1 is 1.24 bits per heavy atom. The van der Waals surface area contributed by atoms with E-state index in [4.69, 9.17) is 15.2 Å². The van der Waals surface area contributed by atoms with Gasteiger partial charge in [-0.05, 0) is 12.8 Å². The highest BCUT2D eigenvalue weighted by Crippen LogP contribution is 2.33. The first kappa shape index (κ1) is 17.5. The number of ether oxygens (including phenoxy) is 2. The van der Waals surface area contributed by atoms with Crippen molar-refractivity contribution in [1.82, 2.24) is 4.90 Å². The molecule has 2 heterocycles. The molecule has 0 aliphatic carbocycles. The van der Waals surface area contributed by atoms with E-state index in [0.29, 0.717) is 30.3 Å². The fraction of sp³-hybridized carbons (Fsp3) is 0.556. The van der Waals surface area contributed by atoms with Crippen molar-refractivity contribution in [3.05, 3.63) is 18.2 Å². The summed E-state index contributed by atoms with van der Waals surface area (Å²) in [4.78, 5) is 28.8. The molecule has 3 rings (SSSR count). The number of anilines is 1. The number of nitrogens with two attached hydrogens (primary N) is 1. The maximum absolute atomic E-state index is 12.8. The van der Waals surface area contributed by atoms with Crippen LogP contribution in [0.15, 0.2) is 18.2 Å². The predicted octanol–water partition coefficient (Wildman–Crippen LogP) is 1.01. The summed E-state index contributed by atoms with van der Waals surface area (Å²) in [5.41, 5.74) is 6.46. The van der Waals surface area contributed by atoms with Crippen LogP contribution in [0.2, 0.25) is 0 Å². The number of hydrogen-bond acceptors (Lipinski definition) is 5. The quantitative estimate of drug-likeness (QED) is 0.859. The van der Waals surface area contributed by atoms with Crippen molar-refractivity contribution in [2.45, 2.75) is 25.3 Å². The van der Waals surface area contributed by atoms with E-state index in [9.17, 15) is 9.59 Å². The number of hydrogen-bond donors (Lipinski definition) is 1. The van der Waals surface area contributed by atoms with Crippen LogP contribution in [-0.2, 0) is 9.59 Å². The summed E-state index contributed by atoms with van der Waals surface area (Å²) >= 11 is 0. The van der Waals surface area contributed by atoms with Crippen LogP contribution in [0.1, 0.15) is 19.3 Å². The Balaban J connectivity index is 1.77. The summed E-state index contributed by atoms with van der Waals surface area (Å²) in [7, 11) is 3.13. The molecule has 2 saturated heterocycles. The molecule has 2 N–H and O–H groups in total. The standard InChI is InChI=1S/C18H25N3O4/c1-24-15-7-14(8-16(9-15)25-2)21-11-12(6-17(21)22)18(23)20-5-3-4-13(20)10-19/h7-9,12-13H,3-6,10-11,19H2,1-2H3. The summed E-state index contributed by atoms with van der Waals surface area (Å²) < 4.78 is 10.5. The topological polar surface area (TPSA) is 85.1 Å². The smallest absolute Gasteiger partial charge is 0.228 e. The first-order valence-corrected chi connectivity index (χ1v) is 8.61. The van der Waals surface area contributed by atoms with Crippen LogP contribution in [0.25, 0.3) is 0 Å². The van der Waals surface area contributed by atoms with Crippen LogP contribution in [0.5, 0.6) is 11.5 Å². The second kappa shape index (κ2) is 7.31. The zero-order chi connectivity index (χ0) is 18.0. The lowest BCUT2D eigenvalue weighted by Gasteiger charge is -2.26. The molecule has 1 aromatic rings. The molecule has 0 saturated carbocycles. The predicted molar refractivity (Wildman–Crippen MR) is 93.8 cm³/mol. The maximum Gasteiger partial charge on any atom is 0.228 e. The molecule has 2 fully saturated rings. The number of benzene rings is 1. The lowest BCUT2D eigenvalue weighted by molar-refractivity contribution is -0.136. The van der Waals surface area contributed by atoms with Crippen LogP contribution in [-0.4, -0.2) is 56.6 Å². The Hall–Kier alpha value is -2.28. The van der Waals surface area contributed by atoms with Crippen molar-refractivity contribution in [3.8, 4) is 11.5 Å². The highest BCUT2D eigenvalue weighted by Gasteiger charge is 2.40. The van der Waals surface area contributed by atoms with E-state index in [0.717, 1.165) is 19.4 Å². The molecule has 25 heavy (non-hydrogen) atoms. The number of carbonyl (C=O) groups excluding carboxylic acids is 2. The van der Waals surface area contributed by atoms with Gasteiger partial charge in [0, 0.05) is 50.3 Å². The Kier molecular flexibility index (Phi) is 5.13. The number of likely N-dealkylation sites (tertiary alicyclic amines) is 1. The number of amides is 2. The molecule has 2 unspecified atom stereocenters. The lowest BCUT2D eigenvalue weighted by Crippen LogP contribution is -2.43. The number of rotatable bonds is 5. The summed E-state index contributed by atoms with van der Waals surface area (Å²) in [6.07, 6.45) is 2.15. The molecular weight excluding hydrogens is 322 g/mol. The second-order valence-electron chi connectivity index (χ2n) is 6.54. The van der Waals surface area contributed by atoms with Crippen molar-refractivity contribution in [2.24, 2.45) is 11.7 Å². The zero-order valence-electron chi connectivity index (χ0n) is 14.7. The SMILES string of the molecule is COc1cc(OC)cc(N2CC(C(=O)N3CCCC3CN)CC2=O)c1. The van der Waals surface area contributed by atoms with Gasteiger partial charge in [-0.1, -0.05) is 0 Å². The molecule has 2 amide bonds. The van der Waals surface area contributed by atoms with E-state index >= 15 is 0 Å². The van der Waals surface area contributed by atoms with Gasteiger partial charge in [-0.2, -0.15) is 0 Å². The summed E-state index contributed by atoms with van der Waals surface area (Å²) in [5.74, 6) is 0.881. The fourth-order valence-electron chi connectivity index (χ4n) is 3.68. The minimum Gasteiger partial charge on any atom is -0.497 e. The van der Waals surface area contributed by atoms with E-state index in [1.165, 1.54) is 0 Å². The molecular formula is C18H25N3O4. The Morgan fingerprint density at radius 3 is 2.52 bits per heavy atom. The van der Waals surface area contributed by atoms with Gasteiger partial charge in [0.2, 0.25) is 11.8 Å². The number of nitrogens with zero attached hydrogens (tertiary/aromatic N) is 2. The van der Waals surface area contributed by atoms with E-state index in [-0.39, 0.29) is 30.2 Å². The molecule has 7 heteroatoms. The van der Waals surface area contributed by atoms with Gasteiger partial charge in [0.05, 0.1) is 25.8 Å². The zero-order valence-corrected chi connectivity index (χ0v) is 14.7. The van der Waals surface area contributed by atoms with E-state index in [1.807, 2.05) is 4.90 Å². The van der Waals surface area contributed by atoms with Gasteiger partial charge in [-0.3, -0.25) is 9.59 Å². The Morgan fingerprint density at radius 2 is 1.92 bits per heavy atom. The van der Waals surface area contributed by atoms with Crippen molar-refractivity contribution in [1.29, 1.82) is 0 Å². The molecule has 7 nitrogen and oxygen atoms in total. The highest BCUT2D eigenvalue weighted by atomic mass is 16.5. The maximum atomic E-state index is 12.8. The minimum absolute atomic E-state index is 0.0404. The third-order valence-corrected chi connectivity index (χ3v) is 5.05. The molecule has 0 radical (unpaired) electrons. The van der Waals surface area contributed by atoms with Crippen LogP contribution in [0.4, 0.5) is 5.69 Å². The fourth-order valence-corrected chi connectivity index (χ4v) is 3.68. The van der Waals surface area contributed by atoms with Crippen LogP contribution >= 0.6 is 0 Å². The van der Waals surface area contributed by atoms with E-state index < -0.39 is 0 Å². The number of methoxy groups -OCH3 is 2. The molecule has 0 aromatic heterocycles. The van der Waals surface area contributed by atoms with Crippen molar-refractivity contribution in [2.75, 3.05) is 38.8 Å². The van der Waals surface area contributed by atoms with Gasteiger partial charge < -0.3 is 25.0 Å². The van der Waals surface area contributed by atoms with Gasteiger partial charge in [-0.25, -0.2) is 0 Å². The van der Waals surface area contributed by atoms with Gasteiger partial charge in [-0.15, -0.1) is 0 Å². The van der Waals surface area contributed by atoms with Gasteiger partial charge in [0.1, 0.15) is 11.5 Å². The molecule has 2 aliphatic heterocycles. The largest absolute Gasteiger partial charge is 0.497 e. The second-order valence-corrected chi connectivity index (χ2v) is 6.54. The highest BCUT2D eigenvalue weighted by molar-refractivity contribution is 6.00. The Labute approximate surface area is 147 Å². The van der Waals surface area contributed by atoms with Gasteiger partial charge in [0.25, 0.3) is 0 Å². The molecule has 0 bridgehead atoms. The van der Waals surface area contributed by atoms with Gasteiger partial charge >= 0.3 is 0 Å². The van der Waals surface area contributed by atoms with Crippen LogP contribution < -0.4 is 20.1 Å². The third-order valence-electron chi connectivity index (χ3n) is 5.05. The minimum atomic E-state index is -0.322. The molecule has 136 valence electrons. The normalized spacial score (nSPS) is 23.2. The summed E-state index contributed by atoms with van der Waals surface area (Å²) in [6.45, 7) is 1.59. The summed E-state index contributed by atoms with van der Waals surface area (Å²) in [5, 5.41) is 0. The number of carbonyl (C=O) groups is 2. The monoisotopic (exact) mass is 347 g/mol. The average molecular weight is 347 g/mol. The van der Waals surface area contributed by atoms with Crippen LogP contribution in [0.3, 0.4) is 0 Å². The van der Waals surface area contributed by atoms with Crippen molar-refractivity contribution in [3.63, 3.8) is 0 Å². The van der Waals surface area contributed by atoms with E-state index in [2.05, 4.69) is 0 Å². The molecule has 2 aliphatic rings. The van der Waals surface area contributed by atoms with Crippen molar-refractivity contribution >= 4 is 17.5 Å². The Bertz CT molecular complexity index is 641. The van der Waals surface area contributed by atoms with E-state index in [1.54, 1.807) is 37.3 Å². The molecule has 0 spiro atoms. The van der Waals surface area contributed by atoms with Crippen molar-refractivity contribution < 1.29 is 19.1 Å². The average Bonchev–Trinajstić information content (AvgIpc) is 3.26. The molecule has 1 aromatic carbocycles. The first-order chi connectivity index (χ1) is 12.1. The lowest BCUT2D eigenvalue weighted by atomic mass is 10.1. The summed E-state index contributed by atoms with van der Waals surface area (Å²) in [6, 6.07) is 5.42. The van der Waals surface area contributed by atoms with Gasteiger partial charge in [0.15, 0.2) is 0 Å². The third kappa shape index (κ3) is 3.42. The van der Waals surface area contributed by atoms with Crippen LogP contribution in [0, 0.1) is 5.92 Å².